The molecule has 0 spiro atoms. The second-order valence-corrected chi connectivity index (χ2v) is 5.52. The quantitative estimate of drug-likeness (QED) is 0.887. The van der Waals surface area contributed by atoms with Gasteiger partial charge >= 0.3 is 0 Å². The zero-order chi connectivity index (χ0) is 13.1. The van der Waals surface area contributed by atoms with Gasteiger partial charge in [-0.15, -0.1) is 0 Å². The summed E-state index contributed by atoms with van der Waals surface area (Å²) in [6.07, 6.45) is 5.41. The van der Waals surface area contributed by atoms with E-state index in [4.69, 9.17) is 5.26 Å². The second kappa shape index (κ2) is 5.53. The lowest BCUT2D eigenvalue weighted by Gasteiger charge is -2.15. The van der Waals surface area contributed by atoms with Crippen molar-refractivity contribution in [2.45, 2.75) is 51.6 Å². The number of nitrogens with zero attached hydrogens (tertiary/aromatic N) is 3. The maximum Gasteiger partial charge on any atom is 0.0694 e. The van der Waals surface area contributed by atoms with Gasteiger partial charge in [0, 0.05) is 31.4 Å². The minimum atomic E-state index is 0.184. The van der Waals surface area contributed by atoms with Gasteiger partial charge in [-0.25, -0.2) is 0 Å². The lowest BCUT2D eigenvalue weighted by atomic mass is 10.0. The van der Waals surface area contributed by atoms with Gasteiger partial charge in [0.1, 0.15) is 0 Å². The largest absolute Gasteiger partial charge is 0.308 e. The monoisotopic (exact) mass is 246 g/mol. The summed E-state index contributed by atoms with van der Waals surface area (Å²) in [6.45, 7) is 5.16. The Balaban J connectivity index is 2.00. The van der Waals surface area contributed by atoms with Gasteiger partial charge < -0.3 is 5.32 Å². The molecule has 1 saturated carbocycles. The average molecular weight is 246 g/mol. The van der Waals surface area contributed by atoms with Crippen molar-refractivity contribution in [2.75, 3.05) is 0 Å². The van der Waals surface area contributed by atoms with Crippen LogP contribution >= 0.6 is 0 Å². The van der Waals surface area contributed by atoms with Gasteiger partial charge in [-0.05, 0) is 18.8 Å². The molecule has 1 heterocycles. The molecule has 0 amide bonds. The molecular formula is C14H22N4. The Kier molecular flexibility index (Phi) is 4.03. The van der Waals surface area contributed by atoms with Gasteiger partial charge in [0.05, 0.1) is 17.7 Å². The summed E-state index contributed by atoms with van der Waals surface area (Å²) >= 11 is 0. The molecule has 4 heteroatoms. The number of hydrogen-bond acceptors (Lipinski definition) is 3. The lowest BCUT2D eigenvalue weighted by Crippen LogP contribution is -2.31. The first-order chi connectivity index (χ1) is 8.61. The third-order valence-electron chi connectivity index (χ3n) is 3.72. The summed E-state index contributed by atoms with van der Waals surface area (Å²) in [5, 5.41) is 17.1. The Morgan fingerprint density at radius 1 is 1.56 bits per heavy atom. The molecule has 0 aliphatic heterocycles. The third-order valence-corrected chi connectivity index (χ3v) is 3.72. The molecule has 0 bridgehead atoms. The first-order valence-corrected chi connectivity index (χ1v) is 6.77. The Morgan fingerprint density at radius 2 is 2.33 bits per heavy atom. The maximum absolute atomic E-state index is 9.07. The van der Waals surface area contributed by atoms with Crippen LogP contribution in [0, 0.1) is 17.2 Å². The Bertz CT molecular complexity index is 441. The summed E-state index contributed by atoms with van der Waals surface area (Å²) in [4.78, 5) is 0. The number of aromatic nitrogens is 2. The van der Waals surface area contributed by atoms with Crippen molar-refractivity contribution >= 4 is 0 Å². The summed E-state index contributed by atoms with van der Waals surface area (Å²) in [5.41, 5.74) is 2.42. The molecule has 0 saturated heterocycles. The van der Waals surface area contributed by atoms with Crippen molar-refractivity contribution in [2.24, 2.45) is 13.0 Å². The first kappa shape index (κ1) is 13.1. The molecule has 2 unspecified atom stereocenters. The molecule has 0 aromatic carbocycles. The highest BCUT2D eigenvalue weighted by molar-refractivity contribution is 5.20. The first-order valence-electron chi connectivity index (χ1n) is 6.77. The van der Waals surface area contributed by atoms with Crippen molar-refractivity contribution in [3.05, 3.63) is 17.5 Å². The van der Waals surface area contributed by atoms with Crippen molar-refractivity contribution < 1.29 is 0 Å². The molecule has 1 fully saturated rings. The number of rotatable bonds is 4. The van der Waals surface area contributed by atoms with Crippen LogP contribution in [0.5, 0.6) is 0 Å². The normalized spacial score (nSPS) is 23.5. The van der Waals surface area contributed by atoms with Gasteiger partial charge in [-0.3, -0.25) is 4.68 Å². The van der Waals surface area contributed by atoms with Crippen LogP contribution in [0.3, 0.4) is 0 Å². The number of nitrogens with one attached hydrogen (secondary N) is 1. The molecular weight excluding hydrogens is 224 g/mol. The standard InChI is InChI=1S/C14H22N4/c1-10(2)14-12(9-18(3)17-14)8-16-13-6-4-5-11(13)7-15/h9-11,13,16H,4-6,8H2,1-3H3. The average Bonchev–Trinajstić information content (AvgIpc) is 2.91. The Hall–Kier alpha value is -1.34. The SMILES string of the molecule is CC(C)c1nn(C)cc1CNC1CCCC1C#N. The van der Waals surface area contributed by atoms with Gasteiger partial charge in [0.2, 0.25) is 0 Å². The Morgan fingerprint density at radius 3 is 3.00 bits per heavy atom. The topological polar surface area (TPSA) is 53.6 Å². The van der Waals surface area contributed by atoms with Crippen molar-refractivity contribution in [1.82, 2.24) is 15.1 Å². The van der Waals surface area contributed by atoms with Crippen LogP contribution in [-0.4, -0.2) is 15.8 Å². The summed E-state index contributed by atoms with van der Waals surface area (Å²) < 4.78 is 1.88. The molecule has 1 aliphatic rings. The molecule has 1 aromatic heterocycles. The molecule has 2 atom stereocenters. The van der Waals surface area contributed by atoms with E-state index in [2.05, 4.69) is 36.5 Å². The fourth-order valence-electron chi connectivity index (χ4n) is 2.78. The van der Waals surface area contributed by atoms with Gasteiger partial charge in [0.15, 0.2) is 0 Å². The molecule has 4 nitrogen and oxygen atoms in total. The van der Waals surface area contributed by atoms with Crippen LogP contribution in [0.2, 0.25) is 0 Å². The second-order valence-electron chi connectivity index (χ2n) is 5.52. The highest BCUT2D eigenvalue weighted by atomic mass is 15.3. The molecule has 1 N–H and O–H groups in total. The third kappa shape index (κ3) is 2.73. The lowest BCUT2D eigenvalue weighted by molar-refractivity contribution is 0.463. The van der Waals surface area contributed by atoms with Crippen molar-refractivity contribution in [3.8, 4) is 6.07 Å². The van der Waals surface area contributed by atoms with Gasteiger partial charge in [-0.1, -0.05) is 20.3 Å². The van der Waals surface area contributed by atoms with Crippen LogP contribution in [0.1, 0.15) is 50.3 Å². The molecule has 98 valence electrons. The molecule has 1 aliphatic carbocycles. The summed E-state index contributed by atoms with van der Waals surface area (Å²) in [7, 11) is 1.96. The van der Waals surface area contributed by atoms with E-state index in [9.17, 15) is 0 Å². The molecule has 18 heavy (non-hydrogen) atoms. The molecule has 0 radical (unpaired) electrons. The van der Waals surface area contributed by atoms with E-state index in [-0.39, 0.29) is 5.92 Å². The highest BCUT2D eigenvalue weighted by Gasteiger charge is 2.26. The fourth-order valence-corrected chi connectivity index (χ4v) is 2.78. The predicted molar refractivity (Wildman–Crippen MR) is 70.9 cm³/mol. The van der Waals surface area contributed by atoms with E-state index >= 15 is 0 Å². The minimum Gasteiger partial charge on any atom is -0.308 e. The Labute approximate surface area is 109 Å². The van der Waals surface area contributed by atoms with Gasteiger partial charge in [0.25, 0.3) is 0 Å². The predicted octanol–water partition coefficient (Wildman–Crippen LogP) is 2.33. The number of aryl methyl sites for hydroxylation is 1. The van der Waals surface area contributed by atoms with E-state index in [1.165, 1.54) is 12.0 Å². The van der Waals surface area contributed by atoms with Crippen LogP contribution in [0.4, 0.5) is 0 Å². The smallest absolute Gasteiger partial charge is 0.0694 e. The zero-order valence-corrected chi connectivity index (χ0v) is 11.5. The van der Waals surface area contributed by atoms with E-state index in [0.29, 0.717) is 12.0 Å². The van der Waals surface area contributed by atoms with Crippen LogP contribution in [0.25, 0.3) is 0 Å². The van der Waals surface area contributed by atoms with E-state index in [1.807, 2.05) is 11.7 Å². The van der Waals surface area contributed by atoms with Crippen molar-refractivity contribution in [1.29, 1.82) is 5.26 Å². The number of nitriles is 1. The van der Waals surface area contributed by atoms with Crippen LogP contribution in [-0.2, 0) is 13.6 Å². The van der Waals surface area contributed by atoms with E-state index in [0.717, 1.165) is 25.1 Å². The van der Waals surface area contributed by atoms with E-state index in [1.54, 1.807) is 0 Å². The summed E-state index contributed by atoms with van der Waals surface area (Å²) in [5.74, 6) is 0.627. The molecule has 2 rings (SSSR count). The highest BCUT2D eigenvalue weighted by Crippen LogP contribution is 2.25. The van der Waals surface area contributed by atoms with Crippen LogP contribution in [0.15, 0.2) is 6.20 Å². The molecule has 1 aromatic rings. The maximum atomic E-state index is 9.07. The van der Waals surface area contributed by atoms with Crippen LogP contribution < -0.4 is 5.32 Å². The van der Waals surface area contributed by atoms with E-state index < -0.39 is 0 Å². The fraction of sp³-hybridized carbons (Fsp3) is 0.714. The number of hydrogen-bond donors (Lipinski definition) is 1. The summed E-state index contributed by atoms with van der Waals surface area (Å²) in [6, 6.07) is 2.77. The van der Waals surface area contributed by atoms with Crippen molar-refractivity contribution in [3.63, 3.8) is 0 Å². The van der Waals surface area contributed by atoms with Gasteiger partial charge in [-0.2, -0.15) is 10.4 Å². The minimum absolute atomic E-state index is 0.184. The zero-order valence-electron chi connectivity index (χ0n) is 11.5.